The van der Waals surface area contributed by atoms with E-state index in [9.17, 15) is 4.79 Å². The number of fused-ring (bicyclic) bond motifs is 5. The molecule has 2 heteroatoms. The summed E-state index contributed by atoms with van der Waals surface area (Å²) in [6.45, 7) is 2.51. The standard InChI is InChI=1S/C27H30O2/c1-27-15-3-4-25(27)24-13-9-19-16-21(28)10-14-23(19)26(24)20(17-27)8-5-18-6-11-22(29-2)12-7-18/h6-7,9,11-13,16,20,23-26H,3-4,10,14-15,17H2,1-2H3/t20-,23-,24-,25-,26+,27-/m0/s1. The third-order valence-electron chi connectivity index (χ3n) is 8.14. The molecule has 29 heavy (non-hydrogen) atoms. The second-order valence-corrected chi connectivity index (χ2v) is 9.73. The zero-order valence-electron chi connectivity index (χ0n) is 17.5. The van der Waals surface area contributed by atoms with Crippen LogP contribution < -0.4 is 4.74 Å². The minimum absolute atomic E-state index is 0.293. The van der Waals surface area contributed by atoms with E-state index in [1.807, 2.05) is 18.2 Å². The SMILES string of the molecule is COc1ccc(C#C[C@H]2C[C@]3(C)CCC[C@H]3[C@@H]3C=CC4=CC(=O)CC[C@@H]4[C@H]32)cc1. The van der Waals surface area contributed by atoms with Crippen LogP contribution >= 0.6 is 0 Å². The molecule has 4 aliphatic carbocycles. The molecule has 0 saturated heterocycles. The van der Waals surface area contributed by atoms with E-state index in [0.717, 1.165) is 23.7 Å². The minimum Gasteiger partial charge on any atom is -0.497 e. The number of carbonyl (C=O) groups excluding carboxylic acids is 1. The second-order valence-electron chi connectivity index (χ2n) is 9.73. The van der Waals surface area contributed by atoms with E-state index in [1.165, 1.54) is 31.3 Å². The first-order valence-electron chi connectivity index (χ1n) is 11.2. The summed E-state index contributed by atoms with van der Waals surface area (Å²) in [6, 6.07) is 8.08. The van der Waals surface area contributed by atoms with Crippen molar-refractivity contribution in [3.8, 4) is 17.6 Å². The smallest absolute Gasteiger partial charge is 0.155 e. The van der Waals surface area contributed by atoms with E-state index in [2.05, 4.69) is 43.0 Å². The van der Waals surface area contributed by atoms with Crippen LogP contribution in [0.15, 0.2) is 48.1 Å². The molecule has 2 saturated carbocycles. The van der Waals surface area contributed by atoms with Crippen LogP contribution in [0.4, 0.5) is 0 Å². The summed E-state index contributed by atoms with van der Waals surface area (Å²) >= 11 is 0. The Morgan fingerprint density at radius 1 is 1.17 bits per heavy atom. The Kier molecular flexibility index (Phi) is 4.66. The third kappa shape index (κ3) is 3.25. The van der Waals surface area contributed by atoms with Gasteiger partial charge in [-0.2, -0.15) is 0 Å². The van der Waals surface area contributed by atoms with E-state index < -0.39 is 0 Å². The first-order valence-corrected chi connectivity index (χ1v) is 11.2. The molecule has 0 heterocycles. The lowest BCUT2D eigenvalue weighted by atomic mass is 9.51. The fourth-order valence-electron chi connectivity index (χ4n) is 6.79. The normalized spacial score (nSPS) is 37.5. The van der Waals surface area contributed by atoms with E-state index >= 15 is 0 Å². The Morgan fingerprint density at radius 2 is 2.00 bits per heavy atom. The number of methoxy groups -OCH3 is 1. The first-order chi connectivity index (χ1) is 14.1. The number of hydrogen-bond acceptors (Lipinski definition) is 2. The Hall–Kier alpha value is -2.27. The molecule has 0 N–H and O–H groups in total. The van der Waals surface area contributed by atoms with Gasteiger partial charge in [0.25, 0.3) is 0 Å². The lowest BCUT2D eigenvalue weighted by molar-refractivity contribution is -0.115. The quantitative estimate of drug-likeness (QED) is 0.589. The molecule has 2 nitrogen and oxygen atoms in total. The van der Waals surface area contributed by atoms with Crippen LogP contribution in [0.2, 0.25) is 0 Å². The molecule has 1 aromatic rings. The third-order valence-corrected chi connectivity index (χ3v) is 8.14. The Morgan fingerprint density at radius 3 is 2.79 bits per heavy atom. The van der Waals surface area contributed by atoms with Gasteiger partial charge < -0.3 is 4.74 Å². The van der Waals surface area contributed by atoms with Gasteiger partial charge in [-0.15, -0.1) is 0 Å². The molecule has 0 radical (unpaired) electrons. The number of allylic oxidation sites excluding steroid dienone is 4. The molecular formula is C27H30O2. The topological polar surface area (TPSA) is 26.3 Å². The Balaban J connectivity index is 1.51. The molecule has 0 spiro atoms. The highest BCUT2D eigenvalue weighted by molar-refractivity contribution is 5.92. The van der Waals surface area contributed by atoms with E-state index in [4.69, 9.17) is 4.74 Å². The molecule has 1 aromatic carbocycles. The number of ketones is 1. The molecule has 5 rings (SSSR count). The Bertz CT molecular complexity index is 926. The van der Waals surface area contributed by atoms with E-state index in [1.54, 1.807) is 7.11 Å². The molecule has 150 valence electrons. The van der Waals surface area contributed by atoms with Gasteiger partial charge in [0.2, 0.25) is 0 Å². The highest BCUT2D eigenvalue weighted by Gasteiger charge is 2.54. The molecule has 0 aromatic heterocycles. The largest absolute Gasteiger partial charge is 0.497 e. The maximum Gasteiger partial charge on any atom is 0.155 e. The molecule has 2 fully saturated rings. The average molecular weight is 387 g/mol. The van der Waals surface area contributed by atoms with Gasteiger partial charge in [-0.1, -0.05) is 37.3 Å². The van der Waals surface area contributed by atoms with Crippen LogP contribution in [-0.2, 0) is 4.79 Å². The van der Waals surface area contributed by atoms with Gasteiger partial charge in [-0.3, -0.25) is 4.79 Å². The summed E-state index contributed by atoms with van der Waals surface area (Å²) in [6.07, 6.45) is 13.6. The van der Waals surface area contributed by atoms with Crippen LogP contribution in [0, 0.1) is 46.8 Å². The van der Waals surface area contributed by atoms with Crippen molar-refractivity contribution in [2.75, 3.05) is 7.11 Å². The summed E-state index contributed by atoms with van der Waals surface area (Å²) in [5, 5.41) is 0. The molecule has 0 aliphatic heterocycles. The van der Waals surface area contributed by atoms with Crippen LogP contribution in [0.5, 0.6) is 5.75 Å². The van der Waals surface area contributed by atoms with Gasteiger partial charge in [0.15, 0.2) is 5.78 Å². The highest BCUT2D eigenvalue weighted by Crippen LogP contribution is 2.61. The molecule has 6 atom stereocenters. The van der Waals surface area contributed by atoms with Crippen molar-refractivity contribution < 1.29 is 9.53 Å². The van der Waals surface area contributed by atoms with Crippen molar-refractivity contribution in [1.82, 2.24) is 0 Å². The van der Waals surface area contributed by atoms with Crippen molar-refractivity contribution >= 4 is 5.78 Å². The Labute approximate surface area is 174 Å². The predicted molar refractivity (Wildman–Crippen MR) is 115 cm³/mol. The fourth-order valence-corrected chi connectivity index (χ4v) is 6.79. The van der Waals surface area contributed by atoms with Gasteiger partial charge >= 0.3 is 0 Å². The number of hydrogen-bond donors (Lipinski definition) is 0. The summed E-state index contributed by atoms with van der Waals surface area (Å²) in [5.41, 5.74) is 2.73. The zero-order valence-corrected chi connectivity index (χ0v) is 17.5. The molecule has 4 aliphatic rings. The molecule has 0 unspecified atom stereocenters. The maximum absolute atomic E-state index is 12.0. The lowest BCUT2D eigenvalue weighted by Gasteiger charge is -2.53. The van der Waals surface area contributed by atoms with Crippen molar-refractivity contribution in [3.05, 3.63) is 53.6 Å². The van der Waals surface area contributed by atoms with Crippen molar-refractivity contribution in [2.45, 2.75) is 45.4 Å². The second kappa shape index (κ2) is 7.21. The predicted octanol–water partition coefficient (Wildman–Crippen LogP) is 5.58. The number of benzene rings is 1. The van der Waals surface area contributed by atoms with Gasteiger partial charge in [-0.05, 0) is 90.7 Å². The van der Waals surface area contributed by atoms with E-state index in [0.29, 0.717) is 41.3 Å². The van der Waals surface area contributed by atoms with Crippen molar-refractivity contribution in [2.24, 2.45) is 35.0 Å². The minimum atomic E-state index is 0.293. The zero-order chi connectivity index (χ0) is 20.0. The number of ether oxygens (including phenoxy) is 1. The number of carbonyl (C=O) groups is 1. The maximum atomic E-state index is 12.0. The van der Waals surface area contributed by atoms with Crippen LogP contribution in [0.25, 0.3) is 0 Å². The highest BCUT2D eigenvalue weighted by atomic mass is 16.5. The van der Waals surface area contributed by atoms with Gasteiger partial charge in [0.05, 0.1) is 7.11 Å². The molecule has 0 amide bonds. The summed E-state index contributed by atoms with van der Waals surface area (Å²) in [7, 11) is 1.69. The van der Waals surface area contributed by atoms with Crippen molar-refractivity contribution in [1.29, 1.82) is 0 Å². The molecule has 0 bridgehead atoms. The van der Waals surface area contributed by atoms with Gasteiger partial charge in [0, 0.05) is 17.9 Å². The summed E-state index contributed by atoms with van der Waals surface area (Å²) < 4.78 is 5.27. The lowest BCUT2D eigenvalue weighted by Crippen LogP contribution is -2.47. The van der Waals surface area contributed by atoms with Gasteiger partial charge in [-0.25, -0.2) is 0 Å². The monoisotopic (exact) mass is 386 g/mol. The van der Waals surface area contributed by atoms with Crippen LogP contribution in [-0.4, -0.2) is 12.9 Å². The van der Waals surface area contributed by atoms with Gasteiger partial charge in [0.1, 0.15) is 5.75 Å². The van der Waals surface area contributed by atoms with Crippen LogP contribution in [0.3, 0.4) is 0 Å². The van der Waals surface area contributed by atoms with E-state index in [-0.39, 0.29) is 0 Å². The first kappa shape index (κ1) is 18.7. The fraction of sp³-hybridized carbons (Fsp3) is 0.519. The summed E-state index contributed by atoms with van der Waals surface area (Å²) in [5.74, 6) is 11.2. The average Bonchev–Trinajstić information content (AvgIpc) is 3.13. The summed E-state index contributed by atoms with van der Waals surface area (Å²) in [4.78, 5) is 12.0. The number of rotatable bonds is 1. The molecular weight excluding hydrogens is 356 g/mol. The van der Waals surface area contributed by atoms with Crippen LogP contribution in [0.1, 0.15) is 51.0 Å². The van der Waals surface area contributed by atoms with Crippen molar-refractivity contribution in [3.63, 3.8) is 0 Å².